The molecule has 2 aromatic carbocycles. The van der Waals surface area contributed by atoms with Gasteiger partial charge in [-0.1, -0.05) is 11.6 Å². The maximum absolute atomic E-state index is 13.4. The minimum atomic E-state index is -0.645. The first kappa shape index (κ1) is 17.5. The third-order valence-electron chi connectivity index (χ3n) is 4.16. The first-order valence-electron chi connectivity index (χ1n) is 7.90. The van der Waals surface area contributed by atoms with Crippen LogP contribution in [-0.4, -0.2) is 30.0 Å². The molecular weight excluding hydrogens is 350 g/mol. The number of piperidine rings is 1. The third kappa shape index (κ3) is 4.02. The van der Waals surface area contributed by atoms with Crippen molar-refractivity contribution in [1.82, 2.24) is 4.90 Å². The molecule has 0 spiro atoms. The molecule has 1 heterocycles. The van der Waals surface area contributed by atoms with Gasteiger partial charge in [-0.05, 0) is 36.4 Å². The van der Waals surface area contributed by atoms with E-state index in [0.29, 0.717) is 31.7 Å². The monoisotopic (exact) mass is 366 g/mol. The maximum atomic E-state index is 13.4. The van der Waals surface area contributed by atoms with Gasteiger partial charge in [0.15, 0.2) is 0 Å². The van der Waals surface area contributed by atoms with Crippen LogP contribution in [0, 0.1) is 11.6 Å². The van der Waals surface area contributed by atoms with Crippen LogP contribution in [0.25, 0.3) is 0 Å². The molecule has 0 aromatic heterocycles. The molecule has 1 aliphatic heterocycles. The van der Waals surface area contributed by atoms with Gasteiger partial charge in [0.1, 0.15) is 23.5 Å². The number of carbonyl (C=O) groups is 1. The van der Waals surface area contributed by atoms with Crippen LogP contribution in [0.1, 0.15) is 23.2 Å². The van der Waals surface area contributed by atoms with Gasteiger partial charge in [-0.3, -0.25) is 4.79 Å². The number of hydrogen-bond donors (Lipinski definition) is 1. The van der Waals surface area contributed by atoms with Crippen molar-refractivity contribution in [3.63, 3.8) is 0 Å². The number of nitrogens with two attached hydrogens (primary N) is 1. The van der Waals surface area contributed by atoms with Crippen LogP contribution in [0.2, 0.25) is 5.02 Å². The number of rotatable bonds is 3. The van der Waals surface area contributed by atoms with Gasteiger partial charge in [0.25, 0.3) is 5.91 Å². The Bertz CT molecular complexity index is 775. The third-order valence-corrected chi connectivity index (χ3v) is 4.48. The highest BCUT2D eigenvalue weighted by Crippen LogP contribution is 2.26. The fourth-order valence-corrected chi connectivity index (χ4v) is 3.01. The molecule has 0 atom stereocenters. The van der Waals surface area contributed by atoms with Crippen molar-refractivity contribution in [2.45, 2.75) is 18.9 Å². The van der Waals surface area contributed by atoms with Crippen molar-refractivity contribution in [1.29, 1.82) is 0 Å². The zero-order valence-corrected chi connectivity index (χ0v) is 14.1. The summed E-state index contributed by atoms with van der Waals surface area (Å²) >= 11 is 5.97. The number of nitrogens with zero attached hydrogens (tertiary/aromatic N) is 1. The van der Waals surface area contributed by atoms with Crippen LogP contribution in [-0.2, 0) is 0 Å². The predicted molar refractivity (Wildman–Crippen MR) is 91.8 cm³/mol. The highest BCUT2D eigenvalue weighted by atomic mass is 35.5. The van der Waals surface area contributed by atoms with E-state index in [1.165, 1.54) is 18.2 Å². The largest absolute Gasteiger partial charge is 0.490 e. The highest BCUT2D eigenvalue weighted by Gasteiger charge is 2.26. The number of ether oxygens (including phenoxy) is 1. The molecule has 1 amide bonds. The van der Waals surface area contributed by atoms with Crippen LogP contribution >= 0.6 is 11.6 Å². The molecule has 2 N–H and O–H groups in total. The standard InChI is InChI=1S/C18H17ClF2N2O2/c19-15-10-16(21)17(22)9-14(15)18(24)23-7-5-13(6-8-23)25-12-3-1-11(20)2-4-12/h1-4,9-10,13H,5-8,22H2. The molecule has 0 aliphatic carbocycles. The summed E-state index contributed by atoms with van der Waals surface area (Å²) in [6.45, 7) is 0.969. The molecule has 3 rings (SSSR count). The lowest BCUT2D eigenvalue weighted by Gasteiger charge is -2.32. The van der Waals surface area contributed by atoms with Crippen molar-refractivity contribution in [3.8, 4) is 5.75 Å². The summed E-state index contributed by atoms with van der Waals surface area (Å²) in [6.07, 6.45) is 1.22. The average Bonchev–Trinajstić information content (AvgIpc) is 2.60. The summed E-state index contributed by atoms with van der Waals surface area (Å²) in [5, 5.41) is 0.0429. The molecule has 0 radical (unpaired) electrons. The Morgan fingerprint density at radius 1 is 1.16 bits per heavy atom. The second kappa shape index (κ2) is 7.27. The van der Waals surface area contributed by atoms with Crippen molar-refractivity contribution in [2.75, 3.05) is 18.8 Å². The lowest BCUT2D eigenvalue weighted by Crippen LogP contribution is -2.41. The highest BCUT2D eigenvalue weighted by molar-refractivity contribution is 6.34. The first-order valence-corrected chi connectivity index (χ1v) is 8.28. The second-order valence-corrected chi connectivity index (χ2v) is 6.32. The smallest absolute Gasteiger partial charge is 0.255 e. The Labute approximate surface area is 149 Å². The minimum absolute atomic E-state index is 0.0429. The van der Waals surface area contributed by atoms with E-state index in [1.54, 1.807) is 17.0 Å². The quantitative estimate of drug-likeness (QED) is 0.838. The Morgan fingerprint density at radius 3 is 2.44 bits per heavy atom. The van der Waals surface area contributed by atoms with E-state index < -0.39 is 5.82 Å². The zero-order valence-electron chi connectivity index (χ0n) is 13.3. The Kier molecular flexibility index (Phi) is 5.08. The number of amides is 1. The summed E-state index contributed by atoms with van der Waals surface area (Å²) < 4.78 is 32.1. The molecule has 2 aromatic rings. The number of halogens is 3. The Balaban J connectivity index is 1.61. The lowest BCUT2D eigenvalue weighted by molar-refractivity contribution is 0.0595. The Hall–Kier alpha value is -2.34. The number of hydrogen-bond acceptors (Lipinski definition) is 3. The fourth-order valence-electron chi connectivity index (χ4n) is 2.78. The number of nitrogen functional groups attached to an aromatic ring is 1. The topological polar surface area (TPSA) is 55.6 Å². The summed E-state index contributed by atoms with van der Waals surface area (Å²) in [5.41, 5.74) is 5.61. The molecule has 1 saturated heterocycles. The molecule has 1 aliphatic rings. The normalized spacial score (nSPS) is 15.2. The van der Waals surface area contributed by atoms with Crippen LogP contribution < -0.4 is 10.5 Å². The van der Waals surface area contributed by atoms with E-state index in [4.69, 9.17) is 22.1 Å². The Morgan fingerprint density at radius 2 is 1.80 bits per heavy atom. The molecule has 4 nitrogen and oxygen atoms in total. The van der Waals surface area contributed by atoms with Gasteiger partial charge < -0.3 is 15.4 Å². The van der Waals surface area contributed by atoms with Crippen molar-refractivity contribution in [3.05, 3.63) is 58.6 Å². The summed E-state index contributed by atoms with van der Waals surface area (Å²) in [7, 11) is 0. The second-order valence-electron chi connectivity index (χ2n) is 5.92. The van der Waals surface area contributed by atoms with E-state index in [1.807, 2.05) is 0 Å². The van der Waals surface area contributed by atoms with E-state index in [9.17, 15) is 13.6 Å². The summed E-state index contributed by atoms with van der Waals surface area (Å²) in [6, 6.07) is 8.15. The van der Waals surface area contributed by atoms with E-state index in [-0.39, 0.29) is 34.1 Å². The molecule has 0 saturated carbocycles. The van der Waals surface area contributed by atoms with E-state index >= 15 is 0 Å². The van der Waals surface area contributed by atoms with E-state index in [0.717, 1.165) is 6.07 Å². The van der Waals surface area contributed by atoms with Crippen LogP contribution in [0.5, 0.6) is 5.75 Å². The predicted octanol–water partition coefficient (Wildman–Crippen LogP) is 3.88. The molecular formula is C18H17ClF2N2O2. The van der Waals surface area contributed by atoms with Gasteiger partial charge in [0.05, 0.1) is 16.3 Å². The van der Waals surface area contributed by atoms with Gasteiger partial charge in [-0.2, -0.15) is 0 Å². The van der Waals surface area contributed by atoms with Crippen LogP contribution in [0.15, 0.2) is 36.4 Å². The maximum Gasteiger partial charge on any atom is 0.255 e. The summed E-state index contributed by atoms with van der Waals surface area (Å²) in [5.74, 6) is -0.645. The minimum Gasteiger partial charge on any atom is -0.490 e. The summed E-state index contributed by atoms with van der Waals surface area (Å²) in [4.78, 5) is 14.2. The van der Waals surface area contributed by atoms with Crippen molar-refractivity contribution in [2.24, 2.45) is 0 Å². The number of benzene rings is 2. The molecule has 132 valence electrons. The SMILES string of the molecule is Nc1cc(C(=O)N2CCC(Oc3ccc(F)cc3)CC2)c(Cl)cc1F. The van der Waals surface area contributed by atoms with Gasteiger partial charge in [0, 0.05) is 25.9 Å². The average molecular weight is 367 g/mol. The molecule has 1 fully saturated rings. The van der Waals surface area contributed by atoms with Crippen molar-refractivity contribution >= 4 is 23.2 Å². The van der Waals surface area contributed by atoms with Gasteiger partial charge in [-0.25, -0.2) is 8.78 Å². The fraction of sp³-hybridized carbons (Fsp3) is 0.278. The lowest BCUT2D eigenvalue weighted by atomic mass is 10.1. The first-order chi connectivity index (χ1) is 11.9. The molecule has 0 unspecified atom stereocenters. The van der Waals surface area contributed by atoms with Crippen molar-refractivity contribution < 1.29 is 18.3 Å². The molecule has 0 bridgehead atoms. The number of carbonyl (C=O) groups excluding carboxylic acids is 1. The van der Waals surface area contributed by atoms with Crippen LogP contribution in [0.4, 0.5) is 14.5 Å². The van der Waals surface area contributed by atoms with Gasteiger partial charge in [-0.15, -0.1) is 0 Å². The molecule has 25 heavy (non-hydrogen) atoms. The number of likely N-dealkylation sites (tertiary alicyclic amines) is 1. The molecule has 7 heteroatoms. The number of anilines is 1. The zero-order chi connectivity index (χ0) is 18.0. The van der Waals surface area contributed by atoms with E-state index in [2.05, 4.69) is 0 Å². The van der Waals surface area contributed by atoms with Crippen LogP contribution in [0.3, 0.4) is 0 Å². The van der Waals surface area contributed by atoms with Gasteiger partial charge >= 0.3 is 0 Å². The van der Waals surface area contributed by atoms with Gasteiger partial charge in [0.2, 0.25) is 0 Å².